The molecule has 0 aliphatic carbocycles. The molecule has 168 valence electrons. The van der Waals surface area contributed by atoms with Crippen molar-refractivity contribution in [2.75, 3.05) is 19.6 Å². The van der Waals surface area contributed by atoms with Gasteiger partial charge in [-0.2, -0.15) is 0 Å². The SMILES string of the molecule is [N-]=[N+]=NCCCCCCNCCC#Cc1cccc2c1CN(C1CCC(=O)NC1=O)C2=O. The number of amides is 3. The number of benzene rings is 1. The molecule has 1 aromatic rings. The van der Waals surface area contributed by atoms with Gasteiger partial charge < -0.3 is 10.2 Å². The summed E-state index contributed by atoms with van der Waals surface area (Å²) < 4.78 is 0. The summed E-state index contributed by atoms with van der Waals surface area (Å²) in [6.45, 7) is 2.63. The van der Waals surface area contributed by atoms with Gasteiger partial charge in [0.2, 0.25) is 11.8 Å². The zero-order valence-electron chi connectivity index (χ0n) is 18.1. The smallest absolute Gasteiger partial charge is 0.255 e. The third-order valence-electron chi connectivity index (χ3n) is 5.66. The van der Waals surface area contributed by atoms with E-state index in [2.05, 4.69) is 32.5 Å². The number of rotatable bonds is 10. The maximum absolute atomic E-state index is 12.8. The number of piperidine rings is 1. The molecule has 0 radical (unpaired) electrons. The molecule has 2 aliphatic heterocycles. The minimum Gasteiger partial charge on any atom is -0.322 e. The van der Waals surface area contributed by atoms with E-state index in [0.717, 1.165) is 49.9 Å². The first kappa shape index (κ1) is 23.3. The van der Waals surface area contributed by atoms with Crippen LogP contribution < -0.4 is 10.6 Å². The Bertz CT molecular complexity index is 974. The van der Waals surface area contributed by atoms with Crippen molar-refractivity contribution in [2.24, 2.45) is 5.11 Å². The van der Waals surface area contributed by atoms with Crippen molar-refractivity contribution in [2.45, 2.75) is 57.5 Å². The molecule has 1 aromatic carbocycles. The van der Waals surface area contributed by atoms with Gasteiger partial charge in [-0.05, 0) is 49.0 Å². The van der Waals surface area contributed by atoms with Crippen molar-refractivity contribution >= 4 is 17.7 Å². The molecule has 0 aromatic heterocycles. The number of nitrogens with zero attached hydrogens (tertiary/aromatic N) is 4. The van der Waals surface area contributed by atoms with Gasteiger partial charge >= 0.3 is 0 Å². The second-order valence-corrected chi connectivity index (χ2v) is 7.90. The second-order valence-electron chi connectivity index (χ2n) is 7.90. The van der Waals surface area contributed by atoms with Crippen molar-refractivity contribution in [1.82, 2.24) is 15.5 Å². The van der Waals surface area contributed by atoms with E-state index in [1.54, 1.807) is 11.0 Å². The summed E-state index contributed by atoms with van der Waals surface area (Å²) in [5, 5.41) is 9.22. The van der Waals surface area contributed by atoms with E-state index < -0.39 is 11.9 Å². The van der Waals surface area contributed by atoms with Crippen LogP contribution >= 0.6 is 0 Å². The lowest BCUT2D eigenvalue weighted by molar-refractivity contribution is -0.136. The minimum atomic E-state index is -0.614. The van der Waals surface area contributed by atoms with E-state index in [1.165, 1.54) is 0 Å². The molecule has 1 atom stereocenters. The number of nitrogens with one attached hydrogen (secondary N) is 2. The average molecular weight is 437 g/mol. The van der Waals surface area contributed by atoms with Crippen LogP contribution in [0.3, 0.4) is 0 Å². The Labute approximate surface area is 187 Å². The number of imide groups is 1. The minimum absolute atomic E-state index is 0.181. The monoisotopic (exact) mass is 436 g/mol. The molecular weight excluding hydrogens is 408 g/mol. The number of azide groups is 1. The zero-order valence-corrected chi connectivity index (χ0v) is 18.1. The van der Waals surface area contributed by atoms with Crippen LogP contribution in [0.25, 0.3) is 10.4 Å². The molecule has 2 aliphatic rings. The van der Waals surface area contributed by atoms with Gasteiger partial charge in [-0.1, -0.05) is 35.9 Å². The Morgan fingerprint density at radius 3 is 2.84 bits per heavy atom. The molecule has 0 saturated carbocycles. The maximum atomic E-state index is 12.8. The first-order chi connectivity index (χ1) is 15.6. The molecule has 1 fully saturated rings. The highest BCUT2D eigenvalue weighted by atomic mass is 16.2. The Balaban J connectivity index is 1.45. The highest BCUT2D eigenvalue weighted by Gasteiger charge is 2.39. The standard InChI is InChI=1S/C23H28N6O3/c24-28-26-15-5-2-1-4-13-25-14-6-3-8-17-9-7-10-18-19(17)16-29(23(18)32)20-11-12-21(30)27-22(20)31/h7,9-10,20,25H,1-2,4-6,11-16H2,(H,27,30,31). The fourth-order valence-electron chi connectivity index (χ4n) is 3.97. The van der Waals surface area contributed by atoms with Crippen molar-refractivity contribution in [3.63, 3.8) is 0 Å². The lowest BCUT2D eigenvalue weighted by Crippen LogP contribution is -2.52. The van der Waals surface area contributed by atoms with Gasteiger partial charge in [0, 0.05) is 48.5 Å². The number of carbonyl (C=O) groups is 3. The molecule has 9 heteroatoms. The number of carbonyl (C=O) groups excluding carboxylic acids is 3. The summed E-state index contributed by atoms with van der Waals surface area (Å²) in [6.07, 6.45) is 5.47. The summed E-state index contributed by atoms with van der Waals surface area (Å²) in [5.74, 6) is 5.46. The number of unbranched alkanes of at least 4 members (excludes halogenated alkanes) is 3. The summed E-state index contributed by atoms with van der Waals surface area (Å²) in [4.78, 5) is 40.7. The molecule has 0 bridgehead atoms. The number of hydrogen-bond donors (Lipinski definition) is 2. The Morgan fingerprint density at radius 2 is 2.03 bits per heavy atom. The summed E-state index contributed by atoms with van der Waals surface area (Å²) in [6, 6.07) is 4.87. The van der Waals surface area contributed by atoms with Crippen LogP contribution in [0.1, 0.15) is 66.4 Å². The van der Waals surface area contributed by atoms with Gasteiger partial charge in [0.05, 0.1) is 0 Å². The van der Waals surface area contributed by atoms with Crippen LogP contribution in [0.5, 0.6) is 0 Å². The topological polar surface area (TPSA) is 127 Å². The Hall–Kier alpha value is -3.34. The van der Waals surface area contributed by atoms with E-state index >= 15 is 0 Å². The fourth-order valence-corrected chi connectivity index (χ4v) is 3.97. The van der Waals surface area contributed by atoms with Crippen LogP contribution in [-0.2, 0) is 16.1 Å². The van der Waals surface area contributed by atoms with E-state index in [4.69, 9.17) is 5.53 Å². The lowest BCUT2D eigenvalue weighted by atomic mass is 10.0. The maximum Gasteiger partial charge on any atom is 0.255 e. The molecule has 3 rings (SSSR count). The Kier molecular flexibility index (Phi) is 8.67. The molecule has 2 heterocycles. The van der Waals surface area contributed by atoms with Gasteiger partial charge in [-0.25, -0.2) is 0 Å². The third kappa shape index (κ3) is 6.10. The highest BCUT2D eigenvalue weighted by molar-refractivity contribution is 6.05. The summed E-state index contributed by atoms with van der Waals surface area (Å²) in [5.41, 5.74) is 10.5. The van der Waals surface area contributed by atoms with Crippen molar-refractivity contribution in [3.05, 3.63) is 45.3 Å². The van der Waals surface area contributed by atoms with Crippen LogP contribution in [0, 0.1) is 11.8 Å². The first-order valence-electron chi connectivity index (χ1n) is 11.1. The third-order valence-corrected chi connectivity index (χ3v) is 5.66. The molecule has 1 unspecified atom stereocenters. The van der Waals surface area contributed by atoms with Crippen LogP contribution in [0.15, 0.2) is 23.3 Å². The highest BCUT2D eigenvalue weighted by Crippen LogP contribution is 2.29. The zero-order chi connectivity index (χ0) is 22.8. The molecule has 2 N–H and O–H groups in total. The van der Waals surface area contributed by atoms with E-state index in [9.17, 15) is 14.4 Å². The molecule has 0 spiro atoms. The molecule has 3 amide bonds. The molecule has 32 heavy (non-hydrogen) atoms. The van der Waals surface area contributed by atoms with Crippen molar-refractivity contribution in [1.29, 1.82) is 0 Å². The largest absolute Gasteiger partial charge is 0.322 e. The van der Waals surface area contributed by atoms with E-state index in [1.807, 2.05) is 12.1 Å². The van der Waals surface area contributed by atoms with Crippen LogP contribution in [-0.4, -0.2) is 48.3 Å². The van der Waals surface area contributed by atoms with Crippen molar-refractivity contribution < 1.29 is 14.4 Å². The molecule has 9 nitrogen and oxygen atoms in total. The predicted octanol–water partition coefficient (Wildman–Crippen LogP) is 2.65. The Morgan fingerprint density at radius 1 is 1.19 bits per heavy atom. The molecular formula is C23H28N6O3. The van der Waals surface area contributed by atoms with Crippen LogP contribution in [0.2, 0.25) is 0 Å². The molecule has 1 saturated heterocycles. The predicted molar refractivity (Wildman–Crippen MR) is 119 cm³/mol. The normalized spacial score (nSPS) is 17.3. The lowest BCUT2D eigenvalue weighted by Gasteiger charge is -2.29. The van der Waals surface area contributed by atoms with Gasteiger partial charge in [-0.15, -0.1) is 0 Å². The van der Waals surface area contributed by atoms with Crippen LogP contribution in [0.4, 0.5) is 0 Å². The van der Waals surface area contributed by atoms with Gasteiger partial charge in [0.25, 0.3) is 5.91 Å². The summed E-state index contributed by atoms with van der Waals surface area (Å²) >= 11 is 0. The quantitative estimate of drug-likeness (QED) is 0.146. The fraction of sp³-hybridized carbons (Fsp3) is 0.522. The number of fused-ring (bicyclic) bond motifs is 1. The van der Waals surface area contributed by atoms with Gasteiger partial charge in [0.15, 0.2) is 0 Å². The van der Waals surface area contributed by atoms with Gasteiger partial charge in [0.1, 0.15) is 6.04 Å². The average Bonchev–Trinajstić information content (AvgIpc) is 3.11. The van der Waals surface area contributed by atoms with E-state index in [-0.39, 0.29) is 18.2 Å². The van der Waals surface area contributed by atoms with Crippen molar-refractivity contribution in [3.8, 4) is 11.8 Å². The van der Waals surface area contributed by atoms with E-state index in [0.29, 0.717) is 31.5 Å². The number of hydrogen-bond acceptors (Lipinski definition) is 5. The first-order valence-corrected chi connectivity index (χ1v) is 11.1. The van der Waals surface area contributed by atoms with Gasteiger partial charge in [-0.3, -0.25) is 19.7 Å². The second kappa shape index (κ2) is 11.9. The summed E-state index contributed by atoms with van der Waals surface area (Å²) in [7, 11) is 0.